The molecule has 11 nitrogen and oxygen atoms in total. The fourth-order valence-corrected chi connectivity index (χ4v) is 6.89. The normalized spacial score (nSPS) is 15.4. The van der Waals surface area contributed by atoms with Crippen molar-refractivity contribution in [2.75, 3.05) is 47.9 Å². The Hall–Kier alpha value is -3.92. The maximum atomic E-state index is 13.3. The number of hydrogen-bond donors (Lipinski definition) is 2. The number of likely N-dealkylation sites (N-methyl/N-ethyl adjacent to an activating group) is 1. The summed E-state index contributed by atoms with van der Waals surface area (Å²) < 4.78 is 70.4. The average Bonchev–Trinajstić information content (AvgIpc) is 3.67. The molecule has 4 rings (SSSR count). The first-order valence-corrected chi connectivity index (χ1v) is 16.6. The first kappa shape index (κ1) is 38.5. The van der Waals surface area contributed by atoms with E-state index < -0.39 is 22.2 Å². The number of likely N-dealkylation sites (tertiary alicyclic amines) is 1. The Balaban J connectivity index is 0.000000804. The Morgan fingerprint density at radius 3 is 2.17 bits per heavy atom. The second-order valence-electron chi connectivity index (χ2n) is 11.9. The molecule has 0 spiro atoms. The molecule has 0 bridgehead atoms. The van der Waals surface area contributed by atoms with E-state index >= 15 is 0 Å². The molecule has 1 aliphatic heterocycles. The van der Waals surface area contributed by atoms with Crippen LogP contribution >= 0.6 is 0 Å². The standard InChI is InChI=1S/C31H42N4O5S.C2HF3O2/c1-22-15-28(39-6)16-23(2)30(22)41(37,38)34(5)20-29-17-26(21-40-29)31(36)32-13-11-24-7-9-25(10-8-24)18-35-14-12-27(19-35)33(3)4;3-2(4,5)1(6)7/h7-10,15-17,21,27H,11-14,18-20H2,1-6H3,(H,32,36);(H,6,7)/t27-;/m0./s1. The van der Waals surface area contributed by atoms with Gasteiger partial charge in [-0.2, -0.15) is 17.5 Å². The van der Waals surface area contributed by atoms with Gasteiger partial charge in [0.25, 0.3) is 5.91 Å². The van der Waals surface area contributed by atoms with E-state index in [1.54, 1.807) is 39.2 Å². The van der Waals surface area contributed by atoms with E-state index in [0.717, 1.165) is 25.2 Å². The molecule has 2 heterocycles. The number of ether oxygens (including phenoxy) is 1. The number of carboxylic acid groups (broad SMARTS) is 1. The number of carbonyl (C=O) groups excluding carboxylic acids is 1. The van der Waals surface area contributed by atoms with Crippen LogP contribution < -0.4 is 10.1 Å². The smallest absolute Gasteiger partial charge is 0.490 e. The highest BCUT2D eigenvalue weighted by Crippen LogP contribution is 2.28. The van der Waals surface area contributed by atoms with Crippen molar-refractivity contribution >= 4 is 21.9 Å². The van der Waals surface area contributed by atoms with Gasteiger partial charge in [-0.25, -0.2) is 13.2 Å². The van der Waals surface area contributed by atoms with Gasteiger partial charge < -0.3 is 24.5 Å². The lowest BCUT2D eigenvalue weighted by atomic mass is 10.1. The number of methoxy groups -OCH3 is 1. The molecule has 1 aliphatic rings. The quantitative estimate of drug-likeness (QED) is 0.282. The van der Waals surface area contributed by atoms with E-state index in [2.05, 4.69) is 53.5 Å². The molecule has 15 heteroatoms. The van der Waals surface area contributed by atoms with Crippen LogP contribution in [0, 0.1) is 13.8 Å². The number of hydrogen-bond acceptors (Lipinski definition) is 8. The minimum absolute atomic E-state index is 0.000100. The van der Waals surface area contributed by atoms with Crippen LogP contribution in [-0.2, 0) is 34.3 Å². The summed E-state index contributed by atoms with van der Waals surface area (Å²) in [6.45, 7) is 7.16. The molecule has 1 atom stereocenters. The van der Waals surface area contributed by atoms with E-state index in [0.29, 0.717) is 47.2 Å². The van der Waals surface area contributed by atoms with E-state index in [9.17, 15) is 26.4 Å². The SMILES string of the molecule is COc1cc(C)c(S(=O)(=O)N(C)Cc2cc(C(=O)NCCc3ccc(CN4CC[C@H](N(C)C)C4)cc3)co2)c(C)c1.O=C(O)C(F)(F)F. The van der Waals surface area contributed by atoms with Gasteiger partial charge in [-0.15, -0.1) is 0 Å². The predicted octanol–water partition coefficient (Wildman–Crippen LogP) is 4.47. The van der Waals surface area contributed by atoms with E-state index in [1.807, 2.05) is 0 Å². The Labute approximate surface area is 279 Å². The lowest BCUT2D eigenvalue weighted by molar-refractivity contribution is -0.192. The number of amides is 1. The van der Waals surface area contributed by atoms with Gasteiger partial charge >= 0.3 is 12.1 Å². The highest BCUT2D eigenvalue weighted by atomic mass is 32.2. The van der Waals surface area contributed by atoms with Crippen LogP contribution in [0.25, 0.3) is 0 Å². The molecule has 2 N–H and O–H groups in total. The molecule has 48 heavy (non-hydrogen) atoms. The first-order valence-electron chi connectivity index (χ1n) is 15.2. The van der Waals surface area contributed by atoms with Gasteiger partial charge in [-0.05, 0) is 81.2 Å². The van der Waals surface area contributed by atoms with Gasteiger partial charge in [0.15, 0.2) is 0 Å². The molecule has 2 aromatic carbocycles. The zero-order chi connectivity index (χ0) is 35.8. The number of furan rings is 1. The zero-order valence-corrected chi connectivity index (χ0v) is 28.7. The molecule has 0 radical (unpaired) electrons. The second-order valence-corrected chi connectivity index (χ2v) is 13.9. The predicted molar refractivity (Wildman–Crippen MR) is 173 cm³/mol. The molecule has 1 fully saturated rings. The van der Waals surface area contributed by atoms with Crippen molar-refractivity contribution in [3.63, 3.8) is 0 Å². The lowest BCUT2D eigenvalue weighted by Crippen LogP contribution is -2.31. The number of carbonyl (C=O) groups is 2. The minimum Gasteiger partial charge on any atom is -0.497 e. The average molecular weight is 697 g/mol. The Morgan fingerprint density at radius 2 is 1.65 bits per heavy atom. The number of halogens is 3. The molecule has 1 saturated heterocycles. The summed E-state index contributed by atoms with van der Waals surface area (Å²) in [7, 11) is 3.55. The topological polar surface area (TPSA) is 133 Å². The van der Waals surface area contributed by atoms with Crippen LogP contribution in [0.2, 0.25) is 0 Å². The fourth-order valence-electron chi connectivity index (χ4n) is 5.35. The zero-order valence-electron chi connectivity index (χ0n) is 27.9. The van der Waals surface area contributed by atoms with Crippen molar-refractivity contribution in [2.24, 2.45) is 0 Å². The third-order valence-electron chi connectivity index (χ3n) is 7.98. The minimum atomic E-state index is -5.08. The van der Waals surface area contributed by atoms with Crippen molar-refractivity contribution in [1.29, 1.82) is 0 Å². The van der Waals surface area contributed by atoms with Crippen molar-refractivity contribution < 1.29 is 45.4 Å². The van der Waals surface area contributed by atoms with Crippen molar-refractivity contribution in [3.05, 3.63) is 82.3 Å². The monoisotopic (exact) mass is 696 g/mol. The molecule has 0 unspecified atom stereocenters. The first-order chi connectivity index (χ1) is 22.4. The maximum Gasteiger partial charge on any atom is 0.490 e. The van der Waals surface area contributed by atoms with Gasteiger partial charge in [0.05, 0.1) is 24.1 Å². The van der Waals surface area contributed by atoms with Crippen molar-refractivity contribution in [2.45, 2.75) is 56.9 Å². The molecule has 0 saturated carbocycles. The van der Waals surface area contributed by atoms with Crippen LogP contribution in [-0.4, -0.2) is 99.6 Å². The Bertz CT molecular complexity index is 1640. The lowest BCUT2D eigenvalue weighted by Gasteiger charge is -2.20. The summed E-state index contributed by atoms with van der Waals surface area (Å²) in [5.41, 5.74) is 4.03. The van der Waals surface area contributed by atoms with E-state index in [-0.39, 0.29) is 17.3 Å². The number of carboxylic acids is 1. The van der Waals surface area contributed by atoms with Crippen LogP contribution in [0.3, 0.4) is 0 Å². The molecule has 264 valence electrons. The fraction of sp³-hybridized carbons (Fsp3) is 0.455. The Morgan fingerprint density at radius 1 is 1.06 bits per heavy atom. The van der Waals surface area contributed by atoms with Crippen LogP contribution in [0.15, 0.2) is 58.0 Å². The molecule has 1 amide bonds. The number of aliphatic carboxylic acids is 1. The van der Waals surface area contributed by atoms with E-state index in [1.165, 1.54) is 29.6 Å². The summed E-state index contributed by atoms with van der Waals surface area (Å²) in [5, 5.41) is 10.1. The number of aryl methyl sites for hydroxylation is 2. The maximum absolute atomic E-state index is 13.3. The largest absolute Gasteiger partial charge is 0.497 e. The number of nitrogens with one attached hydrogen (secondary N) is 1. The number of sulfonamides is 1. The third-order valence-corrected chi connectivity index (χ3v) is 10.1. The van der Waals surface area contributed by atoms with Crippen molar-refractivity contribution in [1.82, 2.24) is 19.4 Å². The molecule has 0 aliphatic carbocycles. The number of alkyl halides is 3. The summed E-state index contributed by atoms with van der Waals surface area (Å²) in [5.74, 6) is -2.02. The number of nitrogens with zero attached hydrogens (tertiary/aromatic N) is 3. The third kappa shape index (κ3) is 10.5. The van der Waals surface area contributed by atoms with E-state index in [4.69, 9.17) is 19.1 Å². The summed E-state index contributed by atoms with van der Waals surface area (Å²) in [6, 6.07) is 14.2. The van der Waals surface area contributed by atoms with Crippen LogP contribution in [0.5, 0.6) is 5.75 Å². The van der Waals surface area contributed by atoms with Crippen LogP contribution in [0.4, 0.5) is 13.2 Å². The second kappa shape index (κ2) is 16.5. The highest BCUT2D eigenvalue weighted by molar-refractivity contribution is 7.89. The van der Waals surface area contributed by atoms with Gasteiger partial charge in [-0.3, -0.25) is 9.69 Å². The Kier molecular flexibility index (Phi) is 13.2. The van der Waals surface area contributed by atoms with Gasteiger partial charge in [0.2, 0.25) is 10.0 Å². The van der Waals surface area contributed by atoms with Gasteiger partial charge in [0.1, 0.15) is 17.8 Å². The summed E-state index contributed by atoms with van der Waals surface area (Å²) in [4.78, 5) is 26.6. The van der Waals surface area contributed by atoms with Crippen molar-refractivity contribution in [3.8, 4) is 5.75 Å². The van der Waals surface area contributed by atoms with Crippen LogP contribution in [0.1, 0.15) is 44.8 Å². The molecular formula is C33H43F3N4O7S. The summed E-state index contributed by atoms with van der Waals surface area (Å²) in [6.07, 6.45) is -1.80. The number of rotatable bonds is 12. The highest BCUT2D eigenvalue weighted by Gasteiger charge is 2.38. The molecule has 3 aromatic rings. The molecule has 1 aromatic heterocycles. The van der Waals surface area contributed by atoms with Gasteiger partial charge in [-0.1, -0.05) is 24.3 Å². The summed E-state index contributed by atoms with van der Waals surface area (Å²) >= 11 is 0. The number of benzene rings is 2. The molecular weight excluding hydrogens is 653 g/mol. The van der Waals surface area contributed by atoms with Gasteiger partial charge in [0, 0.05) is 39.3 Å².